The maximum Gasteiger partial charge on any atom is 0.360 e. The van der Waals surface area contributed by atoms with Crippen LogP contribution in [-0.4, -0.2) is 38.5 Å². The van der Waals surface area contributed by atoms with Crippen LogP contribution in [0.1, 0.15) is 16.2 Å². The molecule has 1 amide bonds. The highest BCUT2D eigenvalue weighted by Crippen LogP contribution is 2.15. The van der Waals surface area contributed by atoms with Gasteiger partial charge in [-0.1, -0.05) is 11.6 Å². The molecule has 0 radical (unpaired) electrons. The molecular weight excluding hydrogens is 298 g/mol. The second kappa shape index (κ2) is 5.96. The Hall–Kier alpha value is -2.35. The Morgan fingerprint density at radius 1 is 1.38 bits per heavy atom. The van der Waals surface area contributed by atoms with E-state index in [0.29, 0.717) is 10.7 Å². The third-order valence-corrected chi connectivity index (χ3v) is 3.04. The lowest BCUT2D eigenvalue weighted by Crippen LogP contribution is -2.20. The number of esters is 1. The first kappa shape index (κ1) is 15.0. The number of methoxy groups -OCH3 is 1. The molecule has 0 aromatic carbocycles. The average Bonchev–Trinajstić information content (AvgIpc) is 2.92. The zero-order valence-electron chi connectivity index (χ0n) is 11.8. The normalized spacial score (nSPS) is 10.5. The fourth-order valence-electron chi connectivity index (χ4n) is 1.74. The molecule has 0 saturated carbocycles. The van der Waals surface area contributed by atoms with Crippen molar-refractivity contribution in [3.8, 4) is 0 Å². The first-order valence-corrected chi connectivity index (χ1v) is 6.40. The smallest absolute Gasteiger partial charge is 0.360 e. The van der Waals surface area contributed by atoms with Crippen LogP contribution in [0.5, 0.6) is 0 Å². The van der Waals surface area contributed by atoms with Crippen LogP contribution < -0.4 is 5.32 Å². The van der Waals surface area contributed by atoms with Crippen LogP contribution in [0.15, 0.2) is 12.4 Å². The molecule has 2 aromatic heterocycles. The number of hydrogen-bond donors (Lipinski definition) is 1. The number of hydrogen-bond acceptors (Lipinski definition) is 5. The molecule has 0 fully saturated rings. The fraction of sp³-hybridized carbons (Fsp3) is 0.333. The monoisotopic (exact) mass is 311 g/mol. The standard InChI is InChI=1S/C12H14ClN5O3/c1-7-8(13)4-18(15-7)6-10(19)14-9-5-17(2)16-11(9)12(20)21-3/h4-5H,6H2,1-3H3,(H,14,19). The van der Waals surface area contributed by atoms with Crippen molar-refractivity contribution in [3.63, 3.8) is 0 Å². The molecule has 0 unspecified atom stereocenters. The van der Waals surface area contributed by atoms with Crippen LogP contribution in [-0.2, 0) is 23.1 Å². The van der Waals surface area contributed by atoms with Crippen LogP contribution in [0.2, 0.25) is 5.02 Å². The lowest BCUT2D eigenvalue weighted by atomic mass is 10.3. The summed E-state index contributed by atoms with van der Waals surface area (Å²) in [6, 6.07) is 0. The summed E-state index contributed by atoms with van der Waals surface area (Å²) in [5, 5.41) is 11.1. The molecular formula is C12H14ClN5O3. The van der Waals surface area contributed by atoms with Crippen molar-refractivity contribution < 1.29 is 14.3 Å². The Bertz CT molecular complexity index is 672. The van der Waals surface area contributed by atoms with E-state index in [-0.39, 0.29) is 23.8 Å². The average molecular weight is 312 g/mol. The predicted molar refractivity (Wildman–Crippen MR) is 75.2 cm³/mol. The molecule has 0 saturated heterocycles. The number of aromatic nitrogens is 4. The zero-order valence-corrected chi connectivity index (χ0v) is 12.5. The molecule has 8 nitrogen and oxygen atoms in total. The number of carbonyl (C=O) groups excluding carboxylic acids is 2. The number of nitrogens with one attached hydrogen (secondary N) is 1. The number of anilines is 1. The molecule has 2 heterocycles. The van der Waals surface area contributed by atoms with Gasteiger partial charge in [-0.15, -0.1) is 0 Å². The molecule has 21 heavy (non-hydrogen) atoms. The lowest BCUT2D eigenvalue weighted by Gasteiger charge is -2.04. The number of rotatable bonds is 4. The Labute approximate surface area is 125 Å². The van der Waals surface area contributed by atoms with Gasteiger partial charge in [0.05, 0.1) is 23.5 Å². The maximum absolute atomic E-state index is 12.0. The quantitative estimate of drug-likeness (QED) is 0.851. The molecule has 2 rings (SSSR count). The van der Waals surface area contributed by atoms with Gasteiger partial charge in [0.2, 0.25) is 5.91 Å². The van der Waals surface area contributed by atoms with Gasteiger partial charge in [-0.25, -0.2) is 4.79 Å². The molecule has 0 aliphatic carbocycles. The van der Waals surface area contributed by atoms with E-state index in [1.807, 2.05) is 0 Å². The van der Waals surface area contributed by atoms with Crippen molar-refractivity contribution in [2.24, 2.45) is 7.05 Å². The second-order valence-electron chi connectivity index (χ2n) is 4.36. The number of carbonyl (C=O) groups is 2. The van der Waals surface area contributed by atoms with Gasteiger partial charge in [0.25, 0.3) is 0 Å². The van der Waals surface area contributed by atoms with E-state index in [4.69, 9.17) is 11.6 Å². The third-order valence-electron chi connectivity index (χ3n) is 2.67. The Morgan fingerprint density at radius 3 is 2.67 bits per heavy atom. The van der Waals surface area contributed by atoms with Crippen molar-refractivity contribution in [2.45, 2.75) is 13.5 Å². The third kappa shape index (κ3) is 3.40. The van der Waals surface area contributed by atoms with Gasteiger partial charge in [-0.3, -0.25) is 14.2 Å². The first-order chi connectivity index (χ1) is 9.90. The number of aryl methyl sites for hydroxylation is 2. The Kier molecular flexibility index (Phi) is 4.27. The molecule has 0 bridgehead atoms. The molecule has 1 N–H and O–H groups in total. The van der Waals surface area contributed by atoms with Crippen molar-refractivity contribution in [3.05, 3.63) is 28.8 Å². The molecule has 0 aliphatic rings. The Balaban J connectivity index is 2.11. The highest BCUT2D eigenvalue weighted by Gasteiger charge is 2.18. The van der Waals surface area contributed by atoms with E-state index in [1.54, 1.807) is 20.2 Å². The predicted octanol–water partition coefficient (Wildman–Crippen LogP) is 1.00. The van der Waals surface area contributed by atoms with E-state index >= 15 is 0 Å². The van der Waals surface area contributed by atoms with E-state index < -0.39 is 5.97 Å². The zero-order chi connectivity index (χ0) is 15.6. The molecule has 112 valence electrons. The van der Waals surface area contributed by atoms with Crippen LogP contribution in [0.3, 0.4) is 0 Å². The van der Waals surface area contributed by atoms with Gasteiger partial charge in [0.1, 0.15) is 6.54 Å². The van der Waals surface area contributed by atoms with Crippen molar-refractivity contribution in [1.82, 2.24) is 19.6 Å². The second-order valence-corrected chi connectivity index (χ2v) is 4.77. The van der Waals surface area contributed by atoms with E-state index in [0.717, 1.165) is 0 Å². The summed E-state index contributed by atoms with van der Waals surface area (Å²) >= 11 is 5.87. The largest absolute Gasteiger partial charge is 0.464 e. The first-order valence-electron chi connectivity index (χ1n) is 6.02. The van der Waals surface area contributed by atoms with Gasteiger partial charge in [0, 0.05) is 19.4 Å². The summed E-state index contributed by atoms with van der Waals surface area (Å²) in [6.45, 7) is 1.72. The van der Waals surface area contributed by atoms with Crippen LogP contribution >= 0.6 is 11.6 Å². The minimum absolute atomic E-state index is 0.0247. The van der Waals surface area contributed by atoms with E-state index in [9.17, 15) is 9.59 Å². The van der Waals surface area contributed by atoms with Crippen molar-refractivity contribution in [1.29, 1.82) is 0 Å². The van der Waals surface area contributed by atoms with E-state index in [1.165, 1.54) is 22.7 Å². The molecule has 0 atom stereocenters. The van der Waals surface area contributed by atoms with Gasteiger partial charge < -0.3 is 10.1 Å². The van der Waals surface area contributed by atoms with Crippen LogP contribution in [0.25, 0.3) is 0 Å². The lowest BCUT2D eigenvalue weighted by molar-refractivity contribution is -0.116. The number of amides is 1. The highest BCUT2D eigenvalue weighted by atomic mass is 35.5. The summed E-state index contributed by atoms with van der Waals surface area (Å²) in [5.41, 5.74) is 0.966. The van der Waals surface area contributed by atoms with Gasteiger partial charge in [-0.05, 0) is 6.92 Å². The minimum atomic E-state index is -0.621. The number of nitrogens with zero attached hydrogens (tertiary/aromatic N) is 4. The van der Waals surface area contributed by atoms with E-state index in [2.05, 4.69) is 20.3 Å². The fourth-order valence-corrected chi connectivity index (χ4v) is 1.89. The summed E-state index contributed by atoms with van der Waals surface area (Å²) in [4.78, 5) is 23.5. The molecule has 0 spiro atoms. The SMILES string of the molecule is COC(=O)c1nn(C)cc1NC(=O)Cn1cc(Cl)c(C)n1. The molecule has 0 aliphatic heterocycles. The number of halogens is 1. The summed E-state index contributed by atoms with van der Waals surface area (Å²) < 4.78 is 7.44. The van der Waals surface area contributed by atoms with Crippen molar-refractivity contribution in [2.75, 3.05) is 12.4 Å². The summed E-state index contributed by atoms with van der Waals surface area (Å²) in [5.74, 6) is -0.976. The van der Waals surface area contributed by atoms with Gasteiger partial charge >= 0.3 is 5.97 Å². The topological polar surface area (TPSA) is 91.0 Å². The van der Waals surface area contributed by atoms with Crippen LogP contribution in [0, 0.1) is 6.92 Å². The van der Waals surface area contributed by atoms with Gasteiger partial charge in [0.15, 0.2) is 5.69 Å². The van der Waals surface area contributed by atoms with Crippen molar-refractivity contribution >= 4 is 29.2 Å². The summed E-state index contributed by atoms with van der Waals surface area (Å²) in [6.07, 6.45) is 3.08. The minimum Gasteiger partial charge on any atom is -0.464 e. The highest BCUT2D eigenvalue weighted by molar-refractivity contribution is 6.31. The maximum atomic E-state index is 12.0. The molecule has 9 heteroatoms. The summed E-state index contributed by atoms with van der Waals surface area (Å²) in [7, 11) is 2.88. The number of ether oxygens (including phenoxy) is 1. The van der Waals surface area contributed by atoms with Crippen LogP contribution in [0.4, 0.5) is 5.69 Å². The molecule has 2 aromatic rings. The van der Waals surface area contributed by atoms with Gasteiger partial charge in [-0.2, -0.15) is 10.2 Å². The Morgan fingerprint density at radius 2 is 2.10 bits per heavy atom.